The molecule has 7 heteroatoms. The van der Waals surface area contributed by atoms with Crippen molar-refractivity contribution in [3.63, 3.8) is 0 Å². The average molecular weight is 393 g/mol. The highest BCUT2D eigenvalue weighted by Gasteiger charge is 2.21. The number of amides is 1. The van der Waals surface area contributed by atoms with E-state index in [9.17, 15) is 4.79 Å². The van der Waals surface area contributed by atoms with Crippen molar-refractivity contribution in [3.8, 4) is 5.75 Å². The number of aromatic nitrogens is 2. The molecule has 4 rings (SSSR count). The van der Waals surface area contributed by atoms with E-state index in [1.807, 2.05) is 36.4 Å². The summed E-state index contributed by atoms with van der Waals surface area (Å²) in [4.78, 5) is 21.8. The van der Waals surface area contributed by atoms with Gasteiger partial charge in [-0.05, 0) is 24.3 Å². The predicted molar refractivity (Wildman–Crippen MR) is 114 cm³/mol. The molecule has 3 aromatic rings. The number of ether oxygens (including phenoxy) is 1. The van der Waals surface area contributed by atoms with Crippen LogP contribution in [0.1, 0.15) is 5.82 Å². The SMILES string of the molecule is COc1ccccc1NC(=O)CN1CCN(Cc2nc3ccccc3n2C)CC1. The standard InChI is InChI=1S/C22H27N5O2/c1-25-19-9-5-3-7-17(19)23-21(25)15-26-11-13-27(14-12-26)16-22(28)24-18-8-4-6-10-20(18)29-2/h3-10H,11-16H2,1-2H3,(H,24,28). The molecule has 0 spiro atoms. The smallest absolute Gasteiger partial charge is 0.238 e. The molecule has 0 aliphatic carbocycles. The Balaban J connectivity index is 1.29. The molecular formula is C22H27N5O2. The van der Waals surface area contributed by atoms with Crippen molar-refractivity contribution >= 4 is 22.6 Å². The van der Waals surface area contributed by atoms with Crippen molar-refractivity contribution in [3.05, 3.63) is 54.4 Å². The van der Waals surface area contributed by atoms with Gasteiger partial charge in [0.15, 0.2) is 0 Å². The number of methoxy groups -OCH3 is 1. The lowest BCUT2D eigenvalue weighted by Gasteiger charge is -2.34. The van der Waals surface area contributed by atoms with Crippen LogP contribution in [0.5, 0.6) is 5.75 Å². The van der Waals surface area contributed by atoms with E-state index in [-0.39, 0.29) is 5.91 Å². The maximum Gasteiger partial charge on any atom is 0.238 e. The third-order valence-electron chi connectivity index (χ3n) is 5.46. The number of nitrogens with zero attached hydrogens (tertiary/aromatic N) is 4. The molecular weight excluding hydrogens is 366 g/mol. The van der Waals surface area contributed by atoms with Gasteiger partial charge in [0.1, 0.15) is 11.6 Å². The Hall–Kier alpha value is -2.90. The van der Waals surface area contributed by atoms with Crippen molar-refractivity contribution in [1.29, 1.82) is 0 Å². The number of nitrogens with one attached hydrogen (secondary N) is 1. The van der Waals surface area contributed by atoms with Gasteiger partial charge in [-0.25, -0.2) is 4.98 Å². The zero-order valence-corrected chi connectivity index (χ0v) is 17.0. The molecule has 0 bridgehead atoms. The van der Waals surface area contributed by atoms with Gasteiger partial charge in [-0.1, -0.05) is 24.3 Å². The van der Waals surface area contributed by atoms with Gasteiger partial charge in [0, 0.05) is 33.2 Å². The molecule has 1 aliphatic heterocycles. The fourth-order valence-electron chi connectivity index (χ4n) is 3.78. The lowest BCUT2D eigenvalue weighted by Crippen LogP contribution is -2.48. The Morgan fingerprint density at radius 1 is 1.03 bits per heavy atom. The number of piperazine rings is 1. The first-order valence-electron chi connectivity index (χ1n) is 9.92. The van der Waals surface area contributed by atoms with Crippen LogP contribution in [0.25, 0.3) is 11.0 Å². The number of para-hydroxylation sites is 4. The Morgan fingerprint density at radius 3 is 2.48 bits per heavy atom. The molecule has 1 saturated heterocycles. The Kier molecular flexibility index (Phi) is 5.78. The molecule has 0 unspecified atom stereocenters. The first-order chi connectivity index (χ1) is 14.1. The summed E-state index contributed by atoms with van der Waals surface area (Å²) in [6, 6.07) is 15.7. The number of carbonyl (C=O) groups is 1. The highest BCUT2D eigenvalue weighted by atomic mass is 16.5. The van der Waals surface area contributed by atoms with Crippen LogP contribution in [0.15, 0.2) is 48.5 Å². The quantitative estimate of drug-likeness (QED) is 0.697. The van der Waals surface area contributed by atoms with Crippen LogP contribution in [-0.2, 0) is 18.4 Å². The van der Waals surface area contributed by atoms with Gasteiger partial charge in [0.05, 0.1) is 36.9 Å². The van der Waals surface area contributed by atoms with Crippen molar-refractivity contribution < 1.29 is 9.53 Å². The zero-order chi connectivity index (χ0) is 20.2. The summed E-state index contributed by atoms with van der Waals surface area (Å²) in [6.45, 7) is 4.79. The number of anilines is 1. The molecule has 1 fully saturated rings. The fourth-order valence-corrected chi connectivity index (χ4v) is 3.78. The van der Waals surface area contributed by atoms with E-state index in [2.05, 4.69) is 38.9 Å². The fraction of sp³-hybridized carbons (Fsp3) is 0.364. The highest BCUT2D eigenvalue weighted by molar-refractivity contribution is 5.93. The van der Waals surface area contributed by atoms with Crippen molar-refractivity contribution in [2.75, 3.05) is 45.2 Å². The predicted octanol–water partition coefficient (Wildman–Crippen LogP) is 2.34. The number of rotatable bonds is 6. The van der Waals surface area contributed by atoms with Crippen LogP contribution >= 0.6 is 0 Å². The molecule has 1 aromatic heterocycles. The van der Waals surface area contributed by atoms with Crippen LogP contribution in [-0.4, -0.2) is 65.1 Å². The van der Waals surface area contributed by atoms with E-state index in [4.69, 9.17) is 9.72 Å². The molecule has 0 saturated carbocycles. The Labute approximate surface area is 170 Å². The summed E-state index contributed by atoms with van der Waals surface area (Å²) in [7, 11) is 3.68. The normalized spacial score (nSPS) is 15.5. The summed E-state index contributed by atoms with van der Waals surface area (Å²) in [5.41, 5.74) is 2.91. The first-order valence-corrected chi connectivity index (χ1v) is 9.92. The second-order valence-corrected chi connectivity index (χ2v) is 7.38. The van der Waals surface area contributed by atoms with Crippen molar-refractivity contribution in [2.45, 2.75) is 6.54 Å². The molecule has 29 heavy (non-hydrogen) atoms. The number of imidazole rings is 1. The third-order valence-corrected chi connectivity index (χ3v) is 5.46. The van der Waals surface area contributed by atoms with Crippen molar-refractivity contribution in [2.24, 2.45) is 7.05 Å². The van der Waals surface area contributed by atoms with Crippen molar-refractivity contribution in [1.82, 2.24) is 19.4 Å². The number of fused-ring (bicyclic) bond motifs is 1. The van der Waals surface area contributed by atoms with Gasteiger partial charge in [0.2, 0.25) is 5.91 Å². The summed E-state index contributed by atoms with van der Waals surface area (Å²) >= 11 is 0. The molecule has 0 atom stereocenters. The van der Waals surface area contributed by atoms with Gasteiger partial charge in [-0.3, -0.25) is 14.6 Å². The Bertz CT molecular complexity index is 992. The molecule has 1 amide bonds. The second kappa shape index (κ2) is 8.63. The van der Waals surface area contributed by atoms with Crippen LogP contribution in [0, 0.1) is 0 Å². The molecule has 2 heterocycles. The summed E-state index contributed by atoms with van der Waals surface area (Å²) in [6.07, 6.45) is 0. The molecule has 1 aliphatic rings. The van der Waals surface area contributed by atoms with Crippen LogP contribution in [0.3, 0.4) is 0 Å². The van der Waals surface area contributed by atoms with Gasteiger partial charge in [-0.2, -0.15) is 0 Å². The Morgan fingerprint density at radius 2 is 1.72 bits per heavy atom. The van der Waals surface area contributed by atoms with E-state index in [0.29, 0.717) is 18.0 Å². The van der Waals surface area contributed by atoms with Gasteiger partial charge in [-0.15, -0.1) is 0 Å². The third kappa shape index (κ3) is 4.41. The lowest BCUT2D eigenvalue weighted by atomic mass is 10.2. The highest BCUT2D eigenvalue weighted by Crippen LogP contribution is 2.23. The molecule has 152 valence electrons. The van der Waals surface area contributed by atoms with E-state index >= 15 is 0 Å². The minimum Gasteiger partial charge on any atom is -0.495 e. The largest absolute Gasteiger partial charge is 0.495 e. The van der Waals surface area contributed by atoms with Crippen LogP contribution in [0.4, 0.5) is 5.69 Å². The maximum absolute atomic E-state index is 12.4. The maximum atomic E-state index is 12.4. The topological polar surface area (TPSA) is 62.6 Å². The van der Waals surface area contributed by atoms with E-state index in [0.717, 1.165) is 49.6 Å². The minimum absolute atomic E-state index is 0.0155. The number of carbonyl (C=O) groups excluding carboxylic acids is 1. The van der Waals surface area contributed by atoms with Crippen LogP contribution in [0.2, 0.25) is 0 Å². The number of benzene rings is 2. The van der Waals surface area contributed by atoms with Gasteiger partial charge in [0.25, 0.3) is 0 Å². The molecule has 7 nitrogen and oxygen atoms in total. The molecule has 1 N–H and O–H groups in total. The number of hydrogen-bond donors (Lipinski definition) is 1. The molecule has 2 aromatic carbocycles. The second-order valence-electron chi connectivity index (χ2n) is 7.38. The summed E-state index contributed by atoms with van der Waals surface area (Å²) < 4.78 is 7.46. The molecule has 0 radical (unpaired) electrons. The average Bonchev–Trinajstić information content (AvgIpc) is 3.05. The van der Waals surface area contributed by atoms with E-state index < -0.39 is 0 Å². The summed E-state index contributed by atoms with van der Waals surface area (Å²) in [5, 5.41) is 2.95. The zero-order valence-electron chi connectivity index (χ0n) is 17.0. The number of aryl methyl sites for hydroxylation is 1. The minimum atomic E-state index is -0.0155. The monoisotopic (exact) mass is 393 g/mol. The lowest BCUT2D eigenvalue weighted by molar-refractivity contribution is -0.117. The van der Waals surface area contributed by atoms with Gasteiger partial charge >= 0.3 is 0 Å². The van der Waals surface area contributed by atoms with E-state index in [1.165, 1.54) is 0 Å². The number of hydrogen-bond acceptors (Lipinski definition) is 5. The summed E-state index contributed by atoms with van der Waals surface area (Å²) in [5.74, 6) is 1.74. The van der Waals surface area contributed by atoms with Gasteiger partial charge < -0.3 is 14.6 Å². The van der Waals surface area contributed by atoms with Crippen LogP contribution < -0.4 is 10.1 Å². The first kappa shape index (κ1) is 19.4. The van der Waals surface area contributed by atoms with E-state index in [1.54, 1.807) is 7.11 Å².